The topological polar surface area (TPSA) is 85.4 Å². The molecule has 1 aromatic carbocycles. The van der Waals surface area contributed by atoms with E-state index in [0.717, 1.165) is 0 Å². The average Bonchev–Trinajstić information content (AvgIpc) is 3.20. The van der Waals surface area contributed by atoms with Crippen molar-refractivity contribution in [2.45, 2.75) is 18.8 Å². The monoisotopic (exact) mass is 355 g/mol. The Morgan fingerprint density at radius 1 is 1.27 bits per heavy atom. The Balaban J connectivity index is 1.39. The maximum Gasteiger partial charge on any atom is 0.261 e. The molecule has 4 rings (SSSR count). The van der Waals surface area contributed by atoms with Gasteiger partial charge >= 0.3 is 0 Å². The summed E-state index contributed by atoms with van der Waals surface area (Å²) in [5.41, 5.74) is 0.661. The summed E-state index contributed by atoms with van der Waals surface area (Å²) >= 11 is 0. The molecule has 1 fully saturated rings. The van der Waals surface area contributed by atoms with Crippen LogP contribution in [-0.2, 0) is 13.6 Å². The van der Waals surface area contributed by atoms with E-state index in [0.29, 0.717) is 42.8 Å². The lowest BCUT2D eigenvalue weighted by atomic mass is 10.2. The molecule has 3 aromatic rings. The average molecular weight is 355 g/mol. The summed E-state index contributed by atoms with van der Waals surface area (Å²) in [6, 6.07) is 7.33. The van der Waals surface area contributed by atoms with Crippen LogP contribution in [0, 0.1) is 0 Å². The highest BCUT2D eigenvalue weighted by atomic mass is 16.5. The van der Waals surface area contributed by atoms with Crippen LogP contribution in [0.4, 0.5) is 0 Å². The number of hydrogen-bond donors (Lipinski definition) is 1. The summed E-state index contributed by atoms with van der Waals surface area (Å²) in [7, 11) is 1.82. The molecule has 0 aliphatic carbocycles. The first kappa shape index (κ1) is 16.7. The van der Waals surface area contributed by atoms with Gasteiger partial charge in [-0.1, -0.05) is 12.1 Å². The number of para-hydroxylation sites is 1. The van der Waals surface area contributed by atoms with Crippen molar-refractivity contribution in [1.29, 1.82) is 0 Å². The lowest BCUT2D eigenvalue weighted by molar-refractivity contribution is 0.0736. The second-order valence-electron chi connectivity index (χ2n) is 6.59. The first-order valence-corrected chi connectivity index (χ1v) is 8.60. The van der Waals surface area contributed by atoms with E-state index in [9.17, 15) is 9.90 Å². The Morgan fingerprint density at radius 3 is 2.92 bits per heavy atom. The number of fused-ring (bicyclic) bond motifs is 1. The number of nitrogens with zero attached hydrogens (tertiary/aromatic N) is 5. The van der Waals surface area contributed by atoms with Crippen molar-refractivity contribution >= 4 is 10.9 Å². The van der Waals surface area contributed by atoms with E-state index in [1.165, 1.54) is 0 Å². The van der Waals surface area contributed by atoms with Gasteiger partial charge in [-0.25, -0.2) is 4.98 Å². The van der Waals surface area contributed by atoms with Crippen LogP contribution in [0.3, 0.4) is 0 Å². The molecule has 136 valence electrons. The molecule has 0 radical (unpaired) electrons. The maximum atomic E-state index is 12.5. The lowest BCUT2D eigenvalue weighted by Gasteiger charge is -2.16. The zero-order valence-corrected chi connectivity index (χ0v) is 14.5. The predicted octanol–water partition coefficient (Wildman–Crippen LogP) is 0.254. The Morgan fingerprint density at radius 2 is 2.12 bits per heavy atom. The Kier molecular flexibility index (Phi) is 4.44. The molecule has 0 saturated carbocycles. The van der Waals surface area contributed by atoms with Gasteiger partial charge in [-0.3, -0.25) is 18.9 Å². The summed E-state index contributed by atoms with van der Waals surface area (Å²) in [4.78, 5) is 19.0. The SMILES string of the molecule is Cn1cc(O[C@@H]2CN(CCn3cnc4ccccc4c3=O)C[C@H]2O)cn1. The number of β-amino-alcohol motifs (C(OH)–C–C–N with tert-alkyl or cyclic N) is 1. The van der Waals surface area contributed by atoms with Crippen LogP contribution in [0.5, 0.6) is 5.75 Å². The predicted molar refractivity (Wildman–Crippen MR) is 96.1 cm³/mol. The number of rotatable bonds is 5. The van der Waals surface area contributed by atoms with Crippen LogP contribution in [0.25, 0.3) is 10.9 Å². The van der Waals surface area contributed by atoms with Gasteiger partial charge in [0.15, 0.2) is 5.75 Å². The van der Waals surface area contributed by atoms with Gasteiger partial charge in [-0.05, 0) is 12.1 Å². The van der Waals surface area contributed by atoms with Gasteiger partial charge in [0.2, 0.25) is 0 Å². The summed E-state index contributed by atoms with van der Waals surface area (Å²) < 4.78 is 9.09. The number of aromatic nitrogens is 4. The summed E-state index contributed by atoms with van der Waals surface area (Å²) in [5, 5.41) is 14.9. The molecule has 1 aliphatic rings. The van der Waals surface area contributed by atoms with Crippen LogP contribution in [0.15, 0.2) is 47.8 Å². The van der Waals surface area contributed by atoms with Crippen molar-refractivity contribution in [2.24, 2.45) is 7.05 Å². The molecule has 0 unspecified atom stereocenters. The summed E-state index contributed by atoms with van der Waals surface area (Å²) in [6.07, 6.45) is 4.12. The Hall–Kier alpha value is -2.71. The lowest BCUT2D eigenvalue weighted by Crippen LogP contribution is -2.31. The van der Waals surface area contributed by atoms with Gasteiger partial charge in [0.25, 0.3) is 5.56 Å². The first-order chi connectivity index (χ1) is 12.6. The number of aliphatic hydroxyl groups is 1. The first-order valence-electron chi connectivity index (χ1n) is 8.60. The van der Waals surface area contributed by atoms with E-state index in [-0.39, 0.29) is 11.7 Å². The molecule has 0 spiro atoms. The van der Waals surface area contributed by atoms with Crippen molar-refractivity contribution in [3.05, 3.63) is 53.3 Å². The molecule has 1 aliphatic heterocycles. The standard InChI is InChI=1S/C18H21N5O3/c1-21-9-13(8-20-21)26-17-11-22(10-16(17)24)6-7-23-12-19-15-5-3-2-4-14(15)18(23)25/h2-5,8-9,12,16-17,24H,6-7,10-11H2,1H3/t16-,17-/m1/s1. The van der Waals surface area contributed by atoms with Gasteiger partial charge in [0, 0.05) is 33.2 Å². The summed E-state index contributed by atoms with van der Waals surface area (Å²) in [6.45, 7) is 2.28. The Bertz CT molecular complexity index is 967. The third-order valence-electron chi connectivity index (χ3n) is 4.67. The van der Waals surface area contributed by atoms with E-state index in [4.69, 9.17) is 4.74 Å². The zero-order valence-electron chi connectivity index (χ0n) is 14.5. The number of hydrogen-bond acceptors (Lipinski definition) is 6. The second kappa shape index (κ2) is 6.89. The molecule has 26 heavy (non-hydrogen) atoms. The molecule has 8 heteroatoms. The van der Waals surface area contributed by atoms with Gasteiger partial charge in [0.1, 0.15) is 12.2 Å². The quantitative estimate of drug-likeness (QED) is 0.706. The molecule has 1 N–H and O–H groups in total. The molecule has 8 nitrogen and oxygen atoms in total. The van der Waals surface area contributed by atoms with Crippen molar-refractivity contribution in [3.8, 4) is 5.75 Å². The number of ether oxygens (including phenoxy) is 1. The molecule has 0 amide bonds. The number of aliphatic hydroxyl groups excluding tert-OH is 1. The molecule has 2 aromatic heterocycles. The van der Waals surface area contributed by atoms with Crippen LogP contribution in [0.1, 0.15) is 0 Å². The van der Waals surface area contributed by atoms with Crippen molar-refractivity contribution < 1.29 is 9.84 Å². The van der Waals surface area contributed by atoms with Crippen molar-refractivity contribution in [1.82, 2.24) is 24.2 Å². The van der Waals surface area contributed by atoms with E-state index >= 15 is 0 Å². The van der Waals surface area contributed by atoms with E-state index in [2.05, 4.69) is 15.0 Å². The van der Waals surface area contributed by atoms with Crippen LogP contribution in [0.2, 0.25) is 0 Å². The highest BCUT2D eigenvalue weighted by molar-refractivity contribution is 5.76. The fraction of sp³-hybridized carbons (Fsp3) is 0.389. The molecule has 1 saturated heterocycles. The largest absolute Gasteiger partial charge is 0.483 e. The fourth-order valence-corrected chi connectivity index (χ4v) is 3.28. The zero-order chi connectivity index (χ0) is 18.1. The van der Waals surface area contributed by atoms with Gasteiger partial charge in [0.05, 0.1) is 29.6 Å². The second-order valence-corrected chi connectivity index (χ2v) is 6.59. The maximum absolute atomic E-state index is 12.5. The highest BCUT2D eigenvalue weighted by Crippen LogP contribution is 2.18. The fourth-order valence-electron chi connectivity index (χ4n) is 3.28. The smallest absolute Gasteiger partial charge is 0.261 e. The highest BCUT2D eigenvalue weighted by Gasteiger charge is 2.33. The van der Waals surface area contributed by atoms with E-state index in [1.807, 2.05) is 25.2 Å². The third kappa shape index (κ3) is 3.33. The minimum atomic E-state index is -0.568. The van der Waals surface area contributed by atoms with Gasteiger partial charge in [-0.2, -0.15) is 5.10 Å². The van der Waals surface area contributed by atoms with Crippen LogP contribution >= 0.6 is 0 Å². The van der Waals surface area contributed by atoms with Crippen molar-refractivity contribution in [3.63, 3.8) is 0 Å². The van der Waals surface area contributed by atoms with Gasteiger partial charge in [-0.15, -0.1) is 0 Å². The van der Waals surface area contributed by atoms with E-state index in [1.54, 1.807) is 34.0 Å². The minimum absolute atomic E-state index is 0.0431. The van der Waals surface area contributed by atoms with Gasteiger partial charge < -0.3 is 9.84 Å². The Labute approximate surface area is 150 Å². The number of benzene rings is 1. The molecular weight excluding hydrogens is 334 g/mol. The van der Waals surface area contributed by atoms with Crippen molar-refractivity contribution in [2.75, 3.05) is 19.6 Å². The van der Waals surface area contributed by atoms with Crippen LogP contribution < -0.4 is 10.3 Å². The molecular formula is C18H21N5O3. The van der Waals surface area contributed by atoms with E-state index < -0.39 is 6.10 Å². The van der Waals surface area contributed by atoms with Crippen LogP contribution in [-0.4, -0.2) is 61.2 Å². The summed E-state index contributed by atoms with van der Waals surface area (Å²) in [5.74, 6) is 0.647. The number of aryl methyl sites for hydroxylation is 1. The molecule has 2 atom stereocenters. The molecule has 0 bridgehead atoms. The third-order valence-corrected chi connectivity index (χ3v) is 4.67. The number of likely N-dealkylation sites (tertiary alicyclic amines) is 1. The minimum Gasteiger partial charge on any atom is -0.483 e. The molecule has 3 heterocycles. The normalized spacial score (nSPS) is 20.7.